The number of hydrogen-bond donors (Lipinski definition) is 5. The minimum Gasteiger partial charge on any atom is -0.394 e. The van der Waals surface area contributed by atoms with Crippen LogP contribution in [-0.4, -0.2) is 54.3 Å². The van der Waals surface area contributed by atoms with Crippen molar-refractivity contribution >= 4 is 22.5 Å². The van der Waals surface area contributed by atoms with Gasteiger partial charge in [0.05, 0.1) is 29.1 Å². The van der Waals surface area contributed by atoms with E-state index in [9.17, 15) is 15.3 Å². The topological polar surface area (TPSA) is 125 Å². The Kier molecular flexibility index (Phi) is 3.38. The molecule has 0 spiro atoms. The Bertz CT molecular complexity index is 890. The van der Waals surface area contributed by atoms with Crippen molar-refractivity contribution in [1.29, 1.82) is 0 Å². The number of aliphatic hydroxyl groups is 3. The summed E-state index contributed by atoms with van der Waals surface area (Å²) in [4.78, 5) is 8.53. The van der Waals surface area contributed by atoms with Crippen LogP contribution in [0.5, 0.6) is 0 Å². The Hall–Kier alpha value is -2.46. The van der Waals surface area contributed by atoms with Crippen molar-refractivity contribution in [2.45, 2.75) is 31.0 Å². The van der Waals surface area contributed by atoms with Gasteiger partial charge in [-0.25, -0.2) is 9.97 Å². The van der Waals surface area contributed by atoms with E-state index in [1.807, 2.05) is 0 Å². The Morgan fingerprint density at radius 3 is 2.72 bits per heavy atom. The van der Waals surface area contributed by atoms with Crippen molar-refractivity contribution in [3.05, 3.63) is 37.1 Å². The maximum atomic E-state index is 10.7. The van der Waals surface area contributed by atoms with Crippen molar-refractivity contribution in [2.24, 2.45) is 0 Å². The summed E-state index contributed by atoms with van der Waals surface area (Å²) in [6.45, 7) is 8.86. The molecule has 1 saturated heterocycles. The summed E-state index contributed by atoms with van der Waals surface area (Å²) in [5.74, 6) is 0.548. The molecule has 5 N–H and O–H groups in total. The average Bonchev–Trinajstić information content (AvgIpc) is 2.99. The lowest BCUT2D eigenvalue weighted by atomic mass is 9.96. The number of aliphatic hydroxyl groups excluding tert-OH is 2. The van der Waals surface area contributed by atoms with Crippen molar-refractivity contribution < 1.29 is 20.1 Å². The summed E-state index contributed by atoms with van der Waals surface area (Å²) >= 11 is 0. The monoisotopic (exact) mass is 345 g/mol. The molecule has 0 saturated carbocycles. The maximum Gasteiger partial charge on any atom is 0.167 e. The van der Waals surface area contributed by atoms with E-state index < -0.39 is 30.6 Å². The van der Waals surface area contributed by atoms with E-state index in [0.29, 0.717) is 33.9 Å². The summed E-state index contributed by atoms with van der Waals surface area (Å²) in [7, 11) is 0. The zero-order valence-electron chi connectivity index (χ0n) is 13.6. The van der Waals surface area contributed by atoms with E-state index >= 15 is 0 Å². The van der Waals surface area contributed by atoms with Crippen LogP contribution in [0.2, 0.25) is 0 Å². The van der Waals surface area contributed by atoms with Crippen molar-refractivity contribution in [2.75, 3.05) is 17.2 Å². The molecule has 0 bridgehead atoms. The summed E-state index contributed by atoms with van der Waals surface area (Å²) in [6.07, 6.45) is 0.0290. The van der Waals surface area contributed by atoms with Crippen molar-refractivity contribution in [3.8, 4) is 0 Å². The Morgan fingerprint density at radius 1 is 1.32 bits per heavy atom. The maximum absolute atomic E-state index is 10.7. The highest BCUT2D eigenvalue weighted by Crippen LogP contribution is 2.43. The van der Waals surface area contributed by atoms with Gasteiger partial charge in [0.15, 0.2) is 6.23 Å². The molecule has 9 heteroatoms. The largest absolute Gasteiger partial charge is 0.394 e. The van der Waals surface area contributed by atoms with Gasteiger partial charge >= 0.3 is 0 Å². The van der Waals surface area contributed by atoms with Crippen LogP contribution in [0, 0.1) is 0 Å². The molecule has 25 heavy (non-hydrogen) atoms. The van der Waals surface area contributed by atoms with Crippen LogP contribution in [0.4, 0.5) is 11.5 Å². The Morgan fingerprint density at radius 2 is 2.04 bits per heavy atom. The molecule has 2 aromatic heterocycles. The first-order valence-electron chi connectivity index (χ1n) is 7.79. The normalized spacial score (nSPS) is 31.8. The molecule has 0 aromatic carbocycles. The van der Waals surface area contributed by atoms with Crippen LogP contribution in [0.25, 0.3) is 11.0 Å². The fourth-order valence-electron chi connectivity index (χ4n) is 3.30. The smallest absolute Gasteiger partial charge is 0.167 e. The summed E-state index contributed by atoms with van der Waals surface area (Å²) in [6, 6.07) is 0. The quantitative estimate of drug-likeness (QED) is 0.526. The Labute approximate surface area is 143 Å². The second kappa shape index (κ2) is 5.27. The van der Waals surface area contributed by atoms with Gasteiger partial charge < -0.3 is 35.3 Å². The van der Waals surface area contributed by atoms with E-state index in [0.717, 1.165) is 0 Å². The van der Waals surface area contributed by atoms with E-state index in [4.69, 9.17) is 4.74 Å². The second-order valence-electron chi connectivity index (χ2n) is 6.46. The lowest BCUT2D eigenvalue weighted by Crippen LogP contribution is -2.44. The third kappa shape index (κ3) is 2.17. The molecule has 0 aliphatic carbocycles. The van der Waals surface area contributed by atoms with E-state index in [1.165, 1.54) is 13.3 Å². The molecule has 132 valence electrons. The van der Waals surface area contributed by atoms with Crippen LogP contribution in [0.3, 0.4) is 0 Å². The molecule has 4 atom stereocenters. The number of ether oxygens (including phenoxy) is 1. The van der Waals surface area contributed by atoms with Crippen molar-refractivity contribution in [3.63, 3.8) is 0 Å². The number of hydrogen-bond acceptors (Lipinski definition) is 8. The predicted molar refractivity (Wildman–Crippen MR) is 90.7 cm³/mol. The molecule has 2 aliphatic heterocycles. The van der Waals surface area contributed by atoms with Crippen molar-refractivity contribution in [1.82, 2.24) is 14.5 Å². The fraction of sp³-hybridized carbons (Fsp3) is 0.375. The molecule has 2 aliphatic rings. The molecular formula is C16H19N5O4. The zero-order chi connectivity index (χ0) is 17.9. The molecule has 1 unspecified atom stereocenters. The molecule has 4 heterocycles. The zero-order valence-corrected chi connectivity index (χ0v) is 13.6. The number of nitrogens with zero attached hydrogens (tertiary/aromatic N) is 3. The van der Waals surface area contributed by atoms with Gasteiger partial charge in [0.25, 0.3) is 0 Å². The van der Waals surface area contributed by atoms with E-state index in [1.54, 1.807) is 10.8 Å². The minimum absolute atomic E-state index is 0.406. The van der Waals surface area contributed by atoms with Crippen LogP contribution in [0.15, 0.2) is 37.1 Å². The summed E-state index contributed by atoms with van der Waals surface area (Å²) in [5.41, 5.74) is 0.716. The van der Waals surface area contributed by atoms with Gasteiger partial charge in [0, 0.05) is 6.20 Å². The third-order valence-corrected chi connectivity index (χ3v) is 4.72. The molecule has 2 aromatic rings. The van der Waals surface area contributed by atoms with Gasteiger partial charge in [-0.2, -0.15) is 0 Å². The first kappa shape index (κ1) is 16.0. The number of rotatable bonds is 2. The third-order valence-electron chi connectivity index (χ3n) is 4.72. The summed E-state index contributed by atoms with van der Waals surface area (Å²) < 4.78 is 7.31. The standard InChI is InChI=1S/C16H19N5O4/c1-7-8(2)20-13-11-9(19-7)4-21(14(11)18-6-17-13)15-16(3,24)12(23)10(5-22)25-15/h4,6,10,12,15,19,22-24H,1-2,5H2,3H3,(H,17,18,20)/t10-,12-,15-,16?/m1/s1. The minimum atomic E-state index is -1.61. The van der Waals surface area contributed by atoms with Gasteiger partial charge in [0.2, 0.25) is 0 Å². The van der Waals surface area contributed by atoms with Gasteiger partial charge in [-0.3, -0.25) is 0 Å². The predicted octanol–water partition coefficient (Wildman–Crippen LogP) is 0.298. The number of nitrogens with one attached hydrogen (secondary N) is 2. The Balaban J connectivity index is 1.90. The highest BCUT2D eigenvalue weighted by Gasteiger charge is 2.53. The van der Waals surface area contributed by atoms with E-state index in [-0.39, 0.29) is 0 Å². The van der Waals surface area contributed by atoms with E-state index in [2.05, 4.69) is 33.8 Å². The van der Waals surface area contributed by atoms with Crippen LogP contribution in [0.1, 0.15) is 13.2 Å². The lowest BCUT2D eigenvalue weighted by Gasteiger charge is -2.27. The first-order valence-corrected chi connectivity index (χ1v) is 7.79. The van der Waals surface area contributed by atoms with Crippen LogP contribution < -0.4 is 10.6 Å². The fourth-order valence-corrected chi connectivity index (χ4v) is 3.30. The van der Waals surface area contributed by atoms with Crippen LogP contribution >= 0.6 is 0 Å². The molecule has 9 nitrogen and oxygen atoms in total. The van der Waals surface area contributed by atoms with Gasteiger partial charge in [-0.05, 0) is 6.92 Å². The second-order valence-corrected chi connectivity index (χ2v) is 6.46. The molecular weight excluding hydrogens is 326 g/mol. The number of anilines is 2. The van der Waals surface area contributed by atoms with Crippen LogP contribution in [-0.2, 0) is 4.74 Å². The molecule has 0 amide bonds. The summed E-state index contributed by atoms with van der Waals surface area (Å²) in [5, 5.41) is 37.3. The molecule has 0 radical (unpaired) electrons. The number of aromatic nitrogens is 3. The first-order chi connectivity index (χ1) is 11.8. The highest BCUT2D eigenvalue weighted by molar-refractivity contribution is 6.01. The van der Waals surface area contributed by atoms with Gasteiger partial charge in [-0.1, -0.05) is 13.2 Å². The highest BCUT2D eigenvalue weighted by atomic mass is 16.6. The molecule has 4 rings (SSSR count). The SMILES string of the molecule is C=C1Nc2cn([C@@H]3O[C@H](CO)[C@@H](O)C3(C)O)c3ncnc(c23)NC1=C. The van der Waals surface area contributed by atoms with Gasteiger partial charge in [0.1, 0.15) is 35.6 Å². The molecule has 1 fully saturated rings. The lowest BCUT2D eigenvalue weighted by molar-refractivity contribution is -0.0947. The average molecular weight is 345 g/mol. The van der Waals surface area contributed by atoms with Gasteiger partial charge in [-0.15, -0.1) is 0 Å².